The van der Waals surface area contributed by atoms with Gasteiger partial charge in [0.05, 0.1) is 0 Å². The second-order valence-corrected chi connectivity index (χ2v) is 6.22. The van der Waals surface area contributed by atoms with Crippen LogP contribution in [0.15, 0.2) is 30.3 Å². The average Bonchev–Trinajstić information content (AvgIpc) is 2.71. The predicted octanol–water partition coefficient (Wildman–Crippen LogP) is 4.18. The molecular weight excluding hydrogens is 218 g/mol. The minimum Gasteiger partial charge on any atom is -0.312 e. The zero-order valence-corrected chi connectivity index (χ0v) is 11.9. The van der Waals surface area contributed by atoms with Gasteiger partial charge < -0.3 is 5.32 Å². The summed E-state index contributed by atoms with van der Waals surface area (Å²) in [5.41, 5.74) is 4.79. The topological polar surface area (TPSA) is 12.0 Å². The zero-order valence-electron chi connectivity index (χ0n) is 11.9. The van der Waals surface area contributed by atoms with Crippen LogP contribution in [0, 0.1) is 0 Å². The molecule has 0 radical (unpaired) electrons. The van der Waals surface area contributed by atoms with Crippen molar-refractivity contribution in [1.29, 1.82) is 0 Å². The Labute approximate surface area is 111 Å². The molecule has 1 aliphatic carbocycles. The molecule has 2 rings (SSSR count). The van der Waals surface area contributed by atoms with Crippen molar-refractivity contribution in [1.82, 2.24) is 5.32 Å². The molecule has 0 unspecified atom stereocenters. The van der Waals surface area contributed by atoms with E-state index in [1.165, 1.54) is 30.4 Å². The molecule has 0 saturated heterocycles. The molecule has 0 atom stereocenters. The molecule has 1 aromatic rings. The van der Waals surface area contributed by atoms with E-state index in [1.807, 2.05) is 0 Å². The monoisotopic (exact) mass is 243 g/mol. The minimum absolute atomic E-state index is 0.249. The third kappa shape index (κ3) is 3.71. The van der Waals surface area contributed by atoms with Crippen molar-refractivity contribution in [3.05, 3.63) is 41.5 Å². The van der Waals surface area contributed by atoms with Crippen LogP contribution in [-0.2, 0) is 6.42 Å². The van der Waals surface area contributed by atoms with Crippen LogP contribution in [0.4, 0.5) is 0 Å². The van der Waals surface area contributed by atoms with Crippen molar-refractivity contribution in [2.24, 2.45) is 0 Å². The molecule has 0 fully saturated rings. The number of hydrogen-bond donors (Lipinski definition) is 1. The summed E-state index contributed by atoms with van der Waals surface area (Å²) in [5, 5.41) is 3.55. The summed E-state index contributed by atoms with van der Waals surface area (Å²) in [7, 11) is 0. The summed E-state index contributed by atoms with van der Waals surface area (Å²) in [6.07, 6.45) is 7.30. The third-order valence-corrected chi connectivity index (χ3v) is 3.46. The molecule has 98 valence electrons. The Morgan fingerprint density at radius 3 is 2.67 bits per heavy atom. The number of fused-ring (bicyclic) bond motifs is 1. The van der Waals surface area contributed by atoms with Crippen LogP contribution in [0.3, 0.4) is 0 Å². The molecule has 1 aromatic carbocycles. The van der Waals surface area contributed by atoms with Gasteiger partial charge in [-0.1, -0.05) is 30.3 Å². The summed E-state index contributed by atoms with van der Waals surface area (Å²) in [4.78, 5) is 0. The lowest BCUT2D eigenvalue weighted by molar-refractivity contribution is 0.419. The van der Waals surface area contributed by atoms with Gasteiger partial charge in [0.15, 0.2) is 0 Å². The molecule has 0 bridgehead atoms. The number of allylic oxidation sites excluding steroid dienone is 2. The van der Waals surface area contributed by atoms with E-state index in [4.69, 9.17) is 0 Å². The van der Waals surface area contributed by atoms with E-state index in [0.29, 0.717) is 0 Å². The number of rotatable bonds is 5. The number of benzene rings is 1. The van der Waals surface area contributed by atoms with Gasteiger partial charge in [0, 0.05) is 5.54 Å². The molecule has 18 heavy (non-hydrogen) atoms. The summed E-state index contributed by atoms with van der Waals surface area (Å²) >= 11 is 0. The van der Waals surface area contributed by atoms with E-state index < -0.39 is 0 Å². The van der Waals surface area contributed by atoms with Gasteiger partial charge in [-0.2, -0.15) is 0 Å². The van der Waals surface area contributed by atoms with Gasteiger partial charge in [-0.3, -0.25) is 0 Å². The molecule has 0 aromatic heterocycles. The Morgan fingerprint density at radius 2 is 1.89 bits per heavy atom. The van der Waals surface area contributed by atoms with Gasteiger partial charge in [0.1, 0.15) is 0 Å². The van der Waals surface area contributed by atoms with Crippen molar-refractivity contribution in [3.63, 3.8) is 0 Å². The van der Waals surface area contributed by atoms with E-state index in [1.54, 1.807) is 5.57 Å². The maximum absolute atomic E-state index is 3.55. The number of hydrogen-bond acceptors (Lipinski definition) is 1. The fraction of sp³-hybridized carbons (Fsp3) is 0.529. The first-order chi connectivity index (χ1) is 8.56. The first-order valence-corrected chi connectivity index (χ1v) is 7.08. The van der Waals surface area contributed by atoms with E-state index in [-0.39, 0.29) is 5.54 Å². The van der Waals surface area contributed by atoms with Crippen molar-refractivity contribution in [2.75, 3.05) is 6.54 Å². The summed E-state index contributed by atoms with van der Waals surface area (Å²) in [6, 6.07) is 8.81. The van der Waals surface area contributed by atoms with Crippen molar-refractivity contribution < 1.29 is 0 Å². The van der Waals surface area contributed by atoms with Crippen molar-refractivity contribution in [3.8, 4) is 0 Å². The molecule has 1 heteroatoms. The fourth-order valence-corrected chi connectivity index (χ4v) is 2.50. The maximum atomic E-state index is 3.55. The SMILES string of the molecule is CC(C)(C)NCCCCC1=CCc2ccccc21. The van der Waals surface area contributed by atoms with E-state index >= 15 is 0 Å². The normalized spacial score (nSPS) is 14.5. The first-order valence-electron chi connectivity index (χ1n) is 7.08. The highest BCUT2D eigenvalue weighted by Gasteiger charge is 2.12. The Kier molecular flexibility index (Phi) is 4.23. The second kappa shape index (κ2) is 5.71. The maximum Gasteiger partial charge on any atom is 0.00965 e. The van der Waals surface area contributed by atoms with Gasteiger partial charge in [-0.25, -0.2) is 0 Å². The van der Waals surface area contributed by atoms with Crippen LogP contribution in [0.2, 0.25) is 0 Å². The van der Waals surface area contributed by atoms with E-state index in [9.17, 15) is 0 Å². The molecular formula is C17H25N. The quantitative estimate of drug-likeness (QED) is 0.765. The first kappa shape index (κ1) is 13.4. The van der Waals surface area contributed by atoms with Gasteiger partial charge >= 0.3 is 0 Å². The van der Waals surface area contributed by atoms with Crippen LogP contribution >= 0.6 is 0 Å². The van der Waals surface area contributed by atoms with Gasteiger partial charge in [0.2, 0.25) is 0 Å². The zero-order chi connectivity index (χ0) is 13.0. The second-order valence-electron chi connectivity index (χ2n) is 6.22. The van der Waals surface area contributed by atoms with Crippen LogP contribution in [0.5, 0.6) is 0 Å². The largest absolute Gasteiger partial charge is 0.312 e. The molecule has 0 saturated carbocycles. The Morgan fingerprint density at radius 1 is 1.11 bits per heavy atom. The van der Waals surface area contributed by atoms with Crippen LogP contribution in [0.1, 0.15) is 51.2 Å². The molecule has 0 aliphatic heterocycles. The van der Waals surface area contributed by atoms with Gasteiger partial charge in [-0.15, -0.1) is 0 Å². The lowest BCUT2D eigenvalue weighted by Gasteiger charge is -2.20. The average molecular weight is 243 g/mol. The molecule has 0 spiro atoms. The van der Waals surface area contributed by atoms with Crippen molar-refractivity contribution >= 4 is 5.57 Å². The van der Waals surface area contributed by atoms with E-state index in [2.05, 4.69) is 56.4 Å². The Bertz CT molecular complexity index is 423. The summed E-state index contributed by atoms with van der Waals surface area (Å²) in [5.74, 6) is 0. The highest BCUT2D eigenvalue weighted by atomic mass is 14.9. The lowest BCUT2D eigenvalue weighted by Crippen LogP contribution is -2.36. The molecule has 1 N–H and O–H groups in total. The highest BCUT2D eigenvalue weighted by molar-refractivity contribution is 5.72. The van der Waals surface area contributed by atoms with Gasteiger partial charge in [0.25, 0.3) is 0 Å². The summed E-state index contributed by atoms with van der Waals surface area (Å²) < 4.78 is 0. The number of unbranched alkanes of at least 4 members (excludes halogenated alkanes) is 1. The Hall–Kier alpha value is -1.08. The molecule has 0 heterocycles. The predicted molar refractivity (Wildman–Crippen MR) is 79.7 cm³/mol. The highest BCUT2D eigenvalue weighted by Crippen LogP contribution is 2.30. The molecule has 0 amide bonds. The number of nitrogens with one attached hydrogen (secondary N) is 1. The van der Waals surface area contributed by atoms with Crippen molar-refractivity contribution in [2.45, 2.75) is 52.0 Å². The van der Waals surface area contributed by atoms with E-state index in [0.717, 1.165) is 13.0 Å². The van der Waals surface area contributed by atoms with Gasteiger partial charge in [-0.05, 0) is 69.7 Å². The molecule has 1 aliphatic rings. The summed E-state index contributed by atoms with van der Waals surface area (Å²) in [6.45, 7) is 7.80. The fourth-order valence-electron chi connectivity index (χ4n) is 2.50. The minimum atomic E-state index is 0.249. The van der Waals surface area contributed by atoms with Crippen LogP contribution < -0.4 is 5.32 Å². The lowest BCUT2D eigenvalue weighted by atomic mass is 10.0. The Balaban J connectivity index is 1.73. The smallest absolute Gasteiger partial charge is 0.00965 e. The van der Waals surface area contributed by atoms with Crippen LogP contribution in [0.25, 0.3) is 5.57 Å². The third-order valence-electron chi connectivity index (χ3n) is 3.46. The van der Waals surface area contributed by atoms with Crippen LogP contribution in [-0.4, -0.2) is 12.1 Å². The standard InChI is InChI=1S/C17H25N/c1-17(2,3)18-13-7-6-9-15-12-11-14-8-4-5-10-16(14)15/h4-5,8,10,12,18H,6-7,9,11,13H2,1-3H3. The molecule has 1 nitrogen and oxygen atoms in total.